The lowest BCUT2D eigenvalue weighted by molar-refractivity contribution is -0.123. The molecule has 0 bridgehead atoms. The van der Waals surface area contributed by atoms with Gasteiger partial charge in [-0.1, -0.05) is 18.2 Å². The van der Waals surface area contributed by atoms with Gasteiger partial charge >= 0.3 is 0 Å². The average Bonchev–Trinajstić information content (AvgIpc) is 3.30. The summed E-state index contributed by atoms with van der Waals surface area (Å²) in [5.74, 6) is 0.973. The summed E-state index contributed by atoms with van der Waals surface area (Å²) in [6.07, 6.45) is 5.39. The number of hydrogen-bond donors (Lipinski definition) is 3. The summed E-state index contributed by atoms with van der Waals surface area (Å²) in [5, 5.41) is 16.1. The molecule has 0 aliphatic heterocycles. The van der Waals surface area contributed by atoms with Gasteiger partial charge in [0.1, 0.15) is 0 Å². The third-order valence-corrected chi connectivity index (χ3v) is 4.92. The third-order valence-electron chi connectivity index (χ3n) is 4.92. The van der Waals surface area contributed by atoms with Crippen molar-refractivity contribution in [3.05, 3.63) is 30.3 Å². The standard InChI is InChI=1S/C18H26N2O2/c21-16-8-6-15(7-9-16)20-18(22)17-12-13(17)10-11-19-14-4-2-1-3-5-14/h1-5,13,15-17,19,21H,6-12H2,(H,20,22)/t13-,15?,16?,17-/m1/s1. The molecule has 120 valence electrons. The van der Waals surface area contributed by atoms with E-state index in [-0.39, 0.29) is 24.0 Å². The van der Waals surface area contributed by atoms with Crippen molar-refractivity contribution in [2.75, 3.05) is 11.9 Å². The summed E-state index contributed by atoms with van der Waals surface area (Å²) >= 11 is 0. The first kappa shape index (κ1) is 15.3. The molecule has 0 aromatic heterocycles. The molecule has 0 radical (unpaired) electrons. The Kier molecular flexibility index (Phi) is 4.98. The molecule has 4 heteroatoms. The molecule has 0 unspecified atom stereocenters. The van der Waals surface area contributed by atoms with Crippen LogP contribution >= 0.6 is 0 Å². The molecule has 2 saturated carbocycles. The fourth-order valence-corrected chi connectivity index (χ4v) is 3.37. The van der Waals surface area contributed by atoms with Crippen molar-refractivity contribution in [3.63, 3.8) is 0 Å². The Morgan fingerprint density at radius 1 is 1.14 bits per heavy atom. The molecule has 3 rings (SSSR count). The molecule has 1 aromatic rings. The van der Waals surface area contributed by atoms with Gasteiger partial charge in [0.25, 0.3) is 0 Å². The maximum absolute atomic E-state index is 12.2. The number of hydrogen-bond acceptors (Lipinski definition) is 3. The monoisotopic (exact) mass is 302 g/mol. The maximum atomic E-state index is 12.2. The number of rotatable bonds is 6. The van der Waals surface area contributed by atoms with Crippen molar-refractivity contribution in [2.24, 2.45) is 11.8 Å². The van der Waals surface area contributed by atoms with Crippen molar-refractivity contribution in [3.8, 4) is 0 Å². The first-order valence-corrected chi connectivity index (χ1v) is 8.49. The highest BCUT2D eigenvalue weighted by Gasteiger charge is 2.42. The van der Waals surface area contributed by atoms with Gasteiger partial charge in [-0.05, 0) is 56.6 Å². The van der Waals surface area contributed by atoms with Gasteiger partial charge in [-0.2, -0.15) is 0 Å². The number of anilines is 1. The van der Waals surface area contributed by atoms with E-state index in [0.717, 1.165) is 50.8 Å². The van der Waals surface area contributed by atoms with Crippen LogP contribution in [0.2, 0.25) is 0 Å². The molecule has 2 aliphatic rings. The number of aliphatic hydroxyl groups excluding tert-OH is 1. The highest BCUT2D eigenvalue weighted by molar-refractivity contribution is 5.81. The number of carbonyl (C=O) groups excluding carboxylic acids is 1. The average molecular weight is 302 g/mol. The zero-order valence-corrected chi connectivity index (χ0v) is 13.0. The second kappa shape index (κ2) is 7.14. The van der Waals surface area contributed by atoms with Gasteiger partial charge in [0, 0.05) is 24.2 Å². The number of amides is 1. The number of aliphatic hydroxyl groups is 1. The summed E-state index contributed by atoms with van der Waals surface area (Å²) in [5.41, 5.74) is 1.14. The fourth-order valence-electron chi connectivity index (χ4n) is 3.37. The minimum absolute atomic E-state index is 0.161. The Labute approximate surface area is 132 Å². The van der Waals surface area contributed by atoms with Crippen LogP contribution < -0.4 is 10.6 Å². The zero-order chi connectivity index (χ0) is 15.4. The van der Waals surface area contributed by atoms with Gasteiger partial charge in [0.05, 0.1) is 6.10 Å². The Hall–Kier alpha value is -1.55. The van der Waals surface area contributed by atoms with Crippen LogP contribution in [0, 0.1) is 11.8 Å². The second-order valence-corrected chi connectivity index (χ2v) is 6.70. The van der Waals surface area contributed by atoms with Crippen molar-refractivity contribution in [2.45, 2.75) is 50.7 Å². The molecule has 0 saturated heterocycles. The van der Waals surface area contributed by atoms with E-state index in [9.17, 15) is 9.90 Å². The lowest BCUT2D eigenvalue weighted by atomic mass is 9.93. The van der Waals surface area contributed by atoms with Crippen LogP contribution in [0.3, 0.4) is 0 Å². The maximum Gasteiger partial charge on any atom is 0.223 e. The Bertz CT molecular complexity index is 483. The highest BCUT2D eigenvalue weighted by Crippen LogP contribution is 2.41. The van der Waals surface area contributed by atoms with Crippen LogP contribution in [-0.2, 0) is 4.79 Å². The first-order valence-electron chi connectivity index (χ1n) is 8.49. The van der Waals surface area contributed by atoms with E-state index in [2.05, 4.69) is 22.8 Å². The van der Waals surface area contributed by atoms with Gasteiger partial charge in [0.2, 0.25) is 5.91 Å². The highest BCUT2D eigenvalue weighted by atomic mass is 16.3. The van der Waals surface area contributed by atoms with Crippen molar-refractivity contribution >= 4 is 11.6 Å². The number of benzene rings is 1. The molecule has 1 amide bonds. The Morgan fingerprint density at radius 3 is 2.59 bits per heavy atom. The largest absolute Gasteiger partial charge is 0.393 e. The lowest BCUT2D eigenvalue weighted by Gasteiger charge is -2.26. The molecule has 22 heavy (non-hydrogen) atoms. The van der Waals surface area contributed by atoms with E-state index in [1.807, 2.05) is 18.2 Å². The van der Waals surface area contributed by atoms with Gasteiger partial charge in [-0.25, -0.2) is 0 Å². The normalized spacial score (nSPS) is 30.6. The summed E-state index contributed by atoms with van der Waals surface area (Å²) < 4.78 is 0. The van der Waals surface area contributed by atoms with Crippen LogP contribution in [0.4, 0.5) is 5.69 Å². The molecule has 0 spiro atoms. The first-order chi connectivity index (χ1) is 10.7. The van der Waals surface area contributed by atoms with Crippen LogP contribution in [0.5, 0.6) is 0 Å². The van der Waals surface area contributed by atoms with Crippen LogP contribution in [-0.4, -0.2) is 29.7 Å². The van der Waals surface area contributed by atoms with E-state index in [1.54, 1.807) is 0 Å². The lowest BCUT2D eigenvalue weighted by Crippen LogP contribution is -2.39. The third kappa shape index (κ3) is 4.23. The van der Waals surface area contributed by atoms with Gasteiger partial charge in [-0.3, -0.25) is 4.79 Å². The molecule has 2 fully saturated rings. The minimum atomic E-state index is -0.161. The van der Waals surface area contributed by atoms with Crippen LogP contribution in [0.25, 0.3) is 0 Å². The molecule has 2 atom stereocenters. The molecular formula is C18H26N2O2. The quantitative estimate of drug-likeness (QED) is 0.757. The van der Waals surface area contributed by atoms with Crippen LogP contribution in [0.1, 0.15) is 38.5 Å². The SMILES string of the molecule is O=C(NC1CCC(O)CC1)[C@@H]1C[C@H]1CCNc1ccccc1. The molecule has 3 N–H and O–H groups in total. The summed E-state index contributed by atoms with van der Waals surface area (Å²) in [6, 6.07) is 10.5. The summed E-state index contributed by atoms with van der Waals surface area (Å²) in [7, 11) is 0. The fraction of sp³-hybridized carbons (Fsp3) is 0.611. The van der Waals surface area contributed by atoms with Gasteiger partial charge in [0.15, 0.2) is 0 Å². The predicted octanol–water partition coefficient (Wildman–Crippen LogP) is 2.54. The van der Waals surface area contributed by atoms with E-state index < -0.39 is 0 Å². The topological polar surface area (TPSA) is 61.4 Å². The Morgan fingerprint density at radius 2 is 1.86 bits per heavy atom. The van der Waals surface area contributed by atoms with E-state index in [4.69, 9.17) is 0 Å². The van der Waals surface area contributed by atoms with Crippen molar-refractivity contribution in [1.82, 2.24) is 5.32 Å². The number of para-hydroxylation sites is 1. The summed E-state index contributed by atoms with van der Waals surface area (Å²) in [6.45, 7) is 0.925. The summed E-state index contributed by atoms with van der Waals surface area (Å²) in [4.78, 5) is 12.2. The zero-order valence-electron chi connectivity index (χ0n) is 13.0. The molecule has 4 nitrogen and oxygen atoms in total. The molecule has 1 aromatic carbocycles. The number of nitrogens with one attached hydrogen (secondary N) is 2. The van der Waals surface area contributed by atoms with Crippen molar-refractivity contribution < 1.29 is 9.90 Å². The van der Waals surface area contributed by atoms with E-state index >= 15 is 0 Å². The minimum Gasteiger partial charge on any atom is -0.393 e. The predicted molar refractivity (Wildman–Crippen MR) is 87.6 cm³/mol. The van der Waals surface area contributed by atoms with Crippen molar-refractivity contribution in [1.29, 1.82) is 0 Å². The smallest absolute Gasteiger partial charge is 0.223 e. The molecule has 0 heterocycles. The van der Waals surface area contributed by atoms with E-state index in [1.165, 1.54) is 0 Å². The van der Waals surface area contributed by atoms with Crippen LogP contribution in [0.15, 0.2) is 30.3 Å². The van der Waals surface area contributed by atoms with Gasteiger partial charge in [-0.15, -0.1) is 0 Å². The van der Waals surface area contributed by atoms with Gasteiger partial charge < -0.3 is 15.7 Å². The molecule has 2 aliphatic carbocycles. The van der Waals surface area contributed by atoms with E-state index in [0.29, 0.717) is 5.92 Å². The molecular weight excluding hydrogens is 276 g/mol. The number of carbonyl (C=O) groups is 1. The second-order valence-electron chi connectivity index (χ2n) is 6.70. The Balaban J connectivity index is 1.32.